The van der Waals surface area contributed by atoms with Crippen molar-refractivity contribution in [2.75, 3.05) is 12.8 Å². The van der Waals surface area contributed by atoms with Gasteiger partial charge in [0.25, 0.3) is 0 Å². The number of nitrogens with two attached hydrogens (primary N) is 1. The van der Waals surface area contributed by atoms with Crippen LogP contribution in [0.3, 0.4) is 0 Å². The highest BCUT2D eigenvalue weighted by Gasteiger charge is 2.34. The van der Waals surface area contributed by atoms with Crippen LogP contribution in [0, 0.1) is 0 Å². The Morgan fingerprint density at radius 1 is 1.67 bits per heavy atom. The first kappa shape index (κ1) is 9.95. The zero-order valence-corrected chi connectivity index (χ0v) is 8.34. The maximum absolute atomic E-state index is 11.1. The van der Waals surface area contributed by atoms with Crippen LogP contribution >= 0.6 is 0 Å². The van der Waals surface area contributed by atoms with Gasteiger partial charge in [-0.05, 0) is 19.8 Å². The van der Waals surface area contributed by atoms with Crippen LogP contribution in [-0.2, 0) is 10.0 Å². The van der Waals surface area contributed by atoms with Gasteiger partial charge < -0.3 is 5.73 Å². The lowest BCUT2D eigenvalue weighted by Gasteiger charge is -2.39. The fourth-order valence-electron chi connectivity index (χ4n) is 1.52. The van der Waals surface area contributed by atoms with Crippen LogP contribution in [0.25, 0.3) is 0 Å². The van der Waals surface area contributed by atoms with Crippen LogP contribution in [0.2, 0.25) is 0 Å². The standard InChI is InChI=1S/C7H16N2O2S/c1-6(8)5-7-3-4-9(7)12(2,10)11/h6-7H,3-5,8H2,1-2H3. The van der Waals surface area contributed by atoms with E-state index in [0.717, 1.165) is 12.8 Å². The SMILES string of the molecule is CC(N)CC1CCN1S(C)(=O)=O. The van der Waals surface area contributed by atoms with Crippen molar-refractivity contribution in [1.29, 1.82) is 0 Å². The first-order valence-electron chi connectivity index (χ1n) is 4.13. The summed E-state index contributed by atoms with van der Waals surface area (Å²) in [4.78, 5) is 0. The number of rotatable bonds is 3. The summed E-state index contributed by atoms with van der Waals surface area (Å²) in [5, 5.41) is 0. The molecule has 1 heterocycles. The molecule has 1 rings (SSSR count). The molecule has 5 heteroatoms. The molecule has 0 bridgehead atoms. The zero-order valence-electron chi connectivity index (χ0n) is 7.53. The summed E-state index contributed by atoms with van der Waals surface area (Å²) in [5.74, 6) is 0. The van der Waals surface area contributed by atoms with Gasteiger partial charge in [0, 0.05) is 18.6 Å². The van der Waals surface area contributed by atoms with Gasteiger partial charge in [-0.3, -0.25) is 0 Å². The lowest BCUT2D eigenvalue weighted by molar-refractivity contribution is 0.182. The van der Waals surface area contributed by atoms with Crippen molar-refractivity contribution >= 4 is 10.0 Å². The van der Waals surface area contributed by atoms with E-state index in [2.05, 4.69) is 0 Å². The minimum absolute atomic E-state index is 0.0829. The van der Waals surface area contributed by atoms with Crippen LogP contribution in [0.5, 0.6) is 0 Å². The lowest BCUT2D eigenvalue weighted by atomic mass is 10.00. The highest BCUT2D eigenvalue weighted by molar-refractivity contribution is 7.88. The number of hydrogen-bond donors (Lipinski definition) is 1. The molecule has 0 spiro atoms. The molecule has 2 N–H and O–H groups in total. The second-order valence-corrected chi connectivity index (χ2v) is 5.46. The van der Waals surface area contributed by atoms with Crippen molar-refractivity contribution in [3.63, 3.8) is 0 Å². The smallest absolute Gasteiger partial charge is 0.211 e. The Bertz CT molecular complexity index is 248. The molecule has 2 atom stereocenters. The van der Waals surface area contributed by atoms with Gasteiger partial charge in [0.1, 0.15) is 0 Å². The van der Waals surface area contributed by atoms with E-state index >= 15 is 0 Å². The number of sulfonamides is 1. The summed E-state index contributed by atoms with van der Waals surface area (Å²) in [5.41, 5.74) is 5.59. The fourth-order valence-corrected chi connectivity index (χ4v) is 2.69. The summed E-state index contributed by atoms with van der Waals surface area (Å²) >= 11 is 0. The third kappa shape index (κ3) is 2.18. The van der Waals surface area contributed by atoms with Gasteiger partial charge in [0.2, 0.25) is 10.0 Å². The van der Waals surface area contributed by atoms with Crippen LogP contribution in [-0.4, -0.2) is 37.6 Å². The predicted molar refractivity (Wildman–Crippen MR) is 48.2 cm³/mol. The summed E-state index contributed by atoms with van der Waals surface area (Å²) in [6.45, 7) is 2.56. The molecule has 1 saturated heterocycles. The van der Waals surface area contributed by atoms with Gasteiger partial charge >= 0.3 is 0 Å². The first-order valence-corrected chi connectivity index (χ1v) is 5.98. The van der Waals surface area contributed by atoms with Gasteiger partial charge in [-0.1, -0.05) is 0 Å². The second-order valence-electron chi connectivity index (χ2n) is 3.53. The van der Waals surface area contributed by atoms with E-state index in [9.17, 15) is 8.42 Å². The average molecular weight is 192 g/mol. The van der Waals surface area contributed by atoms with Crippen molar-refractivity contribution < 1.29 is 8.42 Å². The Kier molecular flexibility index (Phi) is 2.75. The fraction of sp³-hybridized carbons (Fsp3) is 1.00. The minimum atomic E-state index is -2.98. The van der Waals surface area contributed by atoms with Gasteiger partial charge in [0.15, 0.2) is 0 Å². The number of hydrogen-bond acceptors (Lipinski definition) is 3. The quantitative estimate of drug-likeness (QED) is 0.671. The molecule has 1 aliphatic heterocycles. The van der Waals surface area contributed by atoms with Crippen molar-refractivity contribution in [2.45, 2.75) is 31.8 Å². The van der Waals surface area contributed by atoms with E-state index in [1.54, 1.807) is 0 Å². The molecule has 0 amide bonds. The highest BCUT2D eigenvalue weighted by atomic mass is 32.2. The van der Waals surface area contributed by atoms with Crippen molar-refractivity contribution in [1.82, 2.24) is 4.31 Å². The molecule has 2 unspecified atom stereocenters. The molecule has 1 fully saturated rings. The second kappa shape index (κ2) is 3.32. The molecule has 0 aromatic rings. The van der Waals surface area contributed by atoms with Gasteiger partial charge in [0.05, 0.1) is 6.26 Å². The molecule has 0 saturated carbocycles. The number of nitrogens with zero attached hydrogens (tertiary/aromatic N) is 1. The average Bonchev–Trinajstić information content (AvgIpc) is 1.75. The van der Waals surface area contributed by atoms with Gasteiger partial charge in [-0.25, -0.2) is 8.42 Å². The summed E-state index contributed by atoms with van der Waals surface area (Å²) in [7, 11) is -2.98. The minimum Gasteiger partial charge on any atom is -0.328 e. The molecule has 1 aliphatic rings. The Balaban J connectivity index is 2.50. The predicted octanol–water partition coefficient (Wildman–Crippen LogP) is -0.242. The van der Waals surface area contributed by atoms with E-state index < -0.39 is 10.0 Å². The van der Waals surface area contributed by atoms with Gasteiger partial charge in [-0.2, -0.15) is 4.31 Å². The van der Waals surface area contributed by atoms with Crippen molar-refractivity contribution in [2.24, 2.45) is 5.73 Å². The zero-order chi connectivity index (χ0) is 9.35. The molecule has 72 valence electrons. The largest absolute Gasteiger partial charge is 0.328 e. The molecular formula is C7H16N2O2S. The molecule has 0 radical (unpaired) electrons. The lowest BCUT2D eigenvalue weighted by Crippen LogP contribution is -2.52. The third-order valence-electron chi connectivity index (χ3n) is 2.16. The van der Waals surface area contributed by atoms with Crippen molar-refractivity contribution in [3.8, 4) is 0 Å². The molecule has 0 aromatic carbocycles. The summed E-state index contributed by atoms with van der Waals surface area (Å²) < 4.78 is 23.7. The Morgan fingerprint density at radius 3 is 2.50 bits per heavy atom. The third-order valence-corrected chi connectivity index (χ3v) is 3.49. The topological polar surface area (TPSA) is 63.4 Å². The van der Waals surface area contributed by atoms with E-state index in [1.165, 1.54) is 10.6 Å². The van der Waals surface area contributed by atoms with Crippen LogP contribution in [0.4, 0.5) is 0 Å². The molecule has 0 aliphatic carbocycles. The van der Waals surface area contributed by atoms with E-state index in [1.807, 2.05) is 6.92 Å². The maximum atomic E-state index is 11.1. The van der Waals surface area contributed by atoms with Crippen LogP contribution < -0.4 is 5.73 Å². The monoisotopic (exact) mass is 192 g/mol. The normalized spacial score (nSPS) is 28.1. The maximum Gasteiger partial charge on any atom is 0.211 e. The summed E-state index contributed by atoms with van der Waals surface area (Å²) in [6, 6.07) is 0.236. The van der Waals surface area contributed by atoms with Crippen molar-refractivity contribution in [3.05, 3.63) is 0 Å². The Labute approximate surface area is 73.8 Å². The van der Waals surface area contributed by atoms with Crippen LogP contribution in [0.15, 0.2) is 0 Å². The van der Waals surface area contributed by atoms with Crippen LogP contribution in [0.1, 0.15) is 19.8 Å². The highest BCUT2D eigenvalue weighted by Crippen LogP contribution is 2.23. The Morgan fingerprint density at radius 2 is 2.25 bits per heavy atom. The van der Waals surface area contributed by atoms with E-state index in [4.69, 9.17) is 5.73 Å². The molecule has 12 heavy (non-hydrogen) atoms. The van der Waals surface area contributed by atoms with Gasteiger partial charge in [-0.15, -0.1) is 0 Å². The molecule has 0 aromatic heterocycles. The summed E-state index contributed by atoms with van der Waals surface area (Å²) in [6.07, 6.45) is 2.97. The van der Waals surface area contributed by atoms with E-state index in [-0.39, 0.29) is 12.1 Å². The first-order chi connectivity index (χ1) is 5.41. The molecular weight excluding hydrogens is 176 g/mol. The van der Waals surface area contributed by atoms with E-state index in [0.29, 0.717) is 6.54 Å². The molecule has 4 nitrogen and oxygen atoms in total. The Hall–Kier alpha value is -0.130.